The molecule has 0 saturated carbocycles. The maximum absolute atomic E-state index is 12.5. The van der Waals surface area contributed by atoms with Crippen LogP contribution in [-0.2, 0) is 11.3 Å². The average molecular weight is 275 g/mol. The summed E-state index contributed by atoms with van der Waals surface area (Å²) in [6.07, 6.45) is 0. The molecule has 0 spiro atoms. The summed E-state index contributed by atoms with van der Waals surface area (Å²) in [4.78, 5) is 29.7. The molecular formula is C14H17N3O3. The number of aromatic nitrogens is 2. The van der Waals surface area contributed by atoms with Crippen molar-refractivity contribution in [1.29, 1.82) is 0 Å². The van der Waals surface area contributed by atoms with Gasteiger partial charge in [0.25, 0.3) is 5.56 Å². The molecule has 0 amide bonds. The molecule has 1 aromatic heterocycles. The Morgan fingerprint density at radius 3 is 2.55 bits per heavy atom. The van der Waals surface area contributed by atoms with Crippen molar-refractivity contribution in [2.45, 2.75) is 20.4 Å². The monoisotopic (exact) mass is 275 g/mol. The molecule has 20 heavy (non-hydrogen) atoms. The van der Waals surface area contributed by atoms with E-state index in [-0.39, 0.29) is 12.1 Å². The first-order chi connectivity index (χ1) is 9.58. The van der Waals surface area contributed by atoms with Crippen LogP contribution in [-0.4, -0.2) is 33.7 Å². The lowest BCUT2D eigenvalue weighted by atomic mass is 10.3. The Balaban J connectivity index is 2.75. The molecular weight excluding hydrogens is 258 g/mol. The van der Waals surface area contributed by atoms with Crippen molar-refractivity contribution in [3.63, 3.8) is 0 Å². The highest BCUT2D eigenvalue weighted by Gasteiger charge is 2.16. The second kappa shape index (κ2) is 5.73. The average Bonchev–Trinajstić information content (AvgIpc) is 2.44. The molecule has 106 valence electrons. The minimum absolute atomic E-state index is 0.301. The number of anilines is 1. The fraction of sp³-hybridized carbons (Fsp3) is 0.357. The summed E-state index contributed by atoms with van der Waals surface area (Å²) in [6.45, 7) is 4.78. The molecule has 0 aliphatic carbocycles. The van der Waals surface area contributed by atoms with Gasteiger partial charge in [-0.2, -0.15) is 0 Å². The number of aliphatic carboxylic acids is 1. The van der Waals surface area contributed by atoms with Crippen LogP contribution in [0.15, 0.2) is 29.1 Å². The zero-order valence-electron chi connectivity index (χ0n) is 11.5. The third-order valence-corrected chi connectivity index (χ3v) is 3.19. The standard InChI is InChI=1S/C14H17N3O3/c1-3-16(4-2)13-14(20)17(9-12(18)19)11-8-6-5-7-10(11)15-13/h5-8H,3-4,9H2,1-2H3,(H,18,19). The van der Waals surface area contributed by atoms with Gasteiger partial charge in [0.1, 0.15) is 6.54 Å². The van der Waals surface area contributed by atoms with Crippen molar-refractivity contribution < 1.29 is 9.90 Å². The topological polar surface area (TPSA) is 75.4 Å². The summed E-state index contributed by atoms with van der Waals surface area (Å²) < 4.78 is 1.26. The van der Waals surface area contributed by atoms with Gasteiger partial charge < -0.3 is 10.0 Å². The predicted molar refractivity (Wildman–Crippen MR) is 77.2 cm³/mol. The van der Waals surface area contributed by atoms with Gasteiger partial charge in [-0.05, 0) is 26.0 Å². The minimum atomic E-state index is -1.05. The Labute approximate surface area is 116 Å². The molecule has 0 atom stereocenters. The van der Waals surface area contributed by atoms with Crippen molar-refractivity contribution >= 4 is 22.8 Å². The summed E-state index contributed by atoms with van der Waals surface area (Å²) in [6, 6.07) is 7.06. The number of benzene rings is 1. The molecule has 6 nitrogen and oxygen atoms in total. The molecule has 0 saturated heterocycles. The Bertz CT molecular complexity index is 690. The summed E-state index contributed by atoms with van der Waals surface area (Å²) in [5.41, 5.74) is 0.792. The molecule has 1 N–H and O–H groups in total. The molecule has 0 fully saturated rings. The molecule has 1 heterocycles. The van der Waals surface area contributed by atoms with E-state index < -0.39 is 5.97 Å². The zero-order chi connectivity index (χ0) is 14.7. The summed E-state index contributed by atoms with van der Waals surface area (Å²) in [5.74, 6) is -0.746. The lowest BCUT2D eigenvalue weighted by Crippen LogP contribution is -2.34. The van der Waals surface area contributed by atoms with Crippen LogP contribution in [0.3, 0.4) is 0 Å². The zero-order valence-corrected chi connectivity index (χ0v) is 11.5. The van der Waals surface area contributed by atoms with Crippen molar-refractivity contribution in [2.24, 2.45) is 0 Å². The van der Waals surface area contributed by atoms with Crippen LogP contribution >= 0.6 is 0 Å². The maximum Gasteiger partial charge on any atom is 0.323 e. The predicted octanol–water partition coefficient (Wildman–Crippen LogP) is 1.33. The van der Waals surface area contributed by atoms with Crippen LogP contribution in [0.4, 0.5) is 5.82 Å². The van der Waals surface area contributed by atoms with Gasteiger partial charge in [0, 0.05) is 13.1 Å². The van der Waals surface area contributed by atoms with Gasteiger partial charge in [-0.1, -0.05) is 12.1 Å². The van der Waals surface area contributed by atoms with Crippen LogP contribution in [0.2, 0.25) is 0 Å². The van der Waals surface area contributed by atoms with Gasteiger partial charge in [0.2, 0.25) is 0 Å². The molecule has 0 bridgehead atoms. The first kappa shape index (κ1) is 14.0. The smallest absolute Gasteiger partial charge is 0.323 e. The van der Waals surface area contributed by atoms with E-state index in [0.717, 1.165) is 0 Å². The van der Waals surface area contributed by atoms with Crippen LogP contribution in [0.1, 0.15) is 13.8 Å². The number of hydrogen-bond donors (Lipinski definition) is 1. The van der Waals surface area contributed by atoms with Gasteiger partial charge in [0.15, 0.2) is 5.82 Å². The summed E-state index contributed by atoms with van der Waals surface area (Å²) in [5, 5.41) is 9.00. The lowest BCUT2D eigenvalue weighted by molar-refractivity contribution is -0.137. The Morgan fingerprint density at radius 2 is 1.95 bits per heavy atom. The van der Waals surface area contributed by atoms with Crippen LogP contribution in [0, 0.1) is 0 Å². The quantitative estimate of drug-likeness (QED) is 0.891. The van der Waals surface area contributed by atoms with Crippen LogP contribution < -0.4 is 10.5 Å². The van der Waals surface area contributed by atoms with Crippen molar-refractivity contribution in [1.82, 2.24) is 9.55 Å². The van der Waals surface area contributed by atoms with Gasteiger partial charge in [0.05, 0.1) is 11.0 Å². The van der Waals surface area contributed by atoms with Crippen molar-refractivity contribution in [3.8, 4) is 0 Å². The Kier molecular flexibility index (Phi) is 4.02. The van der Waals surface area contributed by atoms with Gasteiger partial charge in [-0.25, -0.2) is 4.98 Å². The summed E-state index contributed by atoms with van der Waals surface area (Å²) in [7, 11) is 0. The molecule has 0 unspecified atom stereocenters. The van der Waals surface area contributed by atoms with Gasteiger partial charge >= 0.3 is 5.97 Å². The second-order valence-electron chi connectivity index (χ2n) is 4.38. The third-order valence-electron chi connectivity index (χ3n) is 3.19. The van der Waals surface area contributed by atoms with E-state index in [4.69, 9.17) is 5.11 Å². The molecule has 2 aromatic rings. The molecule has 0 aliphatic heterocycles. The molecule has 2 rings (SSSR count). The number of carboxylic acids is 1. The van der Waals surface area contributed by atoms with E-state index in [2.05, 4.69) is 4.98 Å². The van der Waals surface area contributed by atoms with E-state index in [1.165, 1.54) is 4.57 Å². The first-order valence-corrected chi connectivity index (χ1v) is 6.54. The van der Waals surface area contributed by atoms with Crippen molar-refractivity contribution in [3.05, 3.63) is 34.6 Å². The largest absolute Gasteiger partial charge is 0.480 e. The third kappa shape index (κ3) is 2.49. The summed E-state index contributed by atoms with van der Waals surface area (Å²) >= 11 is 0. The Morgan fingerprint density at radius 1 is 1.30 bits per heavy atom. The number of fused-ring (bicyclic) bond motifs is 1. The number of rotatable bonds is 5. The normalized spacial score (nSPS) is 10.7. The molecule has 0 radical (unpaired) electrons. The molecule has 0 aliphatic rings. The van der Waals surface area contributed by atoms with E-state index in [0.29, 0.717) is 29.9 Å². The van der Waals surface area contributed by atoms with E-state index in [9.17, 15) is 9.59 Å². The minimum Gasteiger partial charge on any atom is -0.480 e. The van der Waals surface area contributed by atoms with Crippen LogP contribution in [0.25, 0.3) is 11.0 Å². The lowest BCUT2D eigenvalue weighted by Gasteiger charge is -2.20. The fourth-order valence-corrected chi connectivity index (χ4v) is 2.20. The molecule has 6 heteroatoms. The highest BCUT2D eigenvalue weighted by molar-refractivity contribution is 5.78. The van der Waals surface area contributed by atoms with Gasteiger partial charge in [-0.15, -0.1) is 0 Å². The fourth-order valence-electron chi connectivity index (χ4n) is 2.20. The number of nitrogens with zero attached hydrogens (tertiary/aromatic N) is 3. The number of para-hydroxylation sites is 2. The van der Waals surface area contributed by atoms with Crippen molar-refractivity contribution in [2.75, 3.05) is 18.0 Å². The number of carboxylic acid groups (broad SMARTS) is 1. The highest BCUT2D eigenvalue weighted by Crippen LogP contribution is 2.14. The second-order valence-corrected chi connectivity index (χ2v) is 4.38. The van der Waals surface area contributed by atoms with E-state index in [1.807, 2.05) is 24.8 Å². The SMILES string of the molecule is CCN(CC)c1nc2ccccc2n(CC(=O)O)c1=O. The number of carbonyl (C=O) groups is 1. The highest BCUT2D eigenvalue weighted by atomic mass is 16.4. The molecule has 1 aromatic carbocycles. The van der Waals surface area contributed by atoms with Gasteiger partial charge in [-0.3, -0.25) is 14.2 Å². The maximum atomic E-state index is 12.5. The number of hydrogen-bond acceptors (Lipinski definition) is 4. The van der Waals surface area contributed by atoms with E-state index in [1.54, 1.807) is 18.2 Å². The Hall–Kier alpha value is -2.37. The van der Waals surface area contributed by atoms with Crippen LogP contribution in [0.5, 0.6) is 0 Å². The van der Waals surface area contributed by atoms with E-state index >= 15 is 0 Å². The first-order valence-electron chi connectivity index (χ1n) is 6.54.